The SMILES string of the molecule is CC(C)Oc1ccc(CCCNS(=O)(=O)Cc2ccccc2)cc1. The van der Waals surface area contributed by atoms with Gasteiger partial charge in [-0.2, -0.15) is 0 Å². The quantitative estimate of drug-likeness (QED) is 0.706. The van der Waals surface area contributed by atoms with Crippen LogP contribution in [0.25, 0.3) is 0 Å². The molecule has 0 heterocycles. The zero-order valence-electron chi connectivity index (χ0n) is 14.2. The maximum Gasteiger partial charge on any atom is 0.215 e. The summed E-state index contributed by atoms with van der Waals surface area (Å²) in [7, 11) is -3.28. The van der Waals surface area contributed by atoms with Gasteiger partial charge in [0.1, 0.15) is 5.75 Å². The molecule has 0 bridgehead atoms. The van der Waals surface area contributed by atoms with Gasteiger partial charge in [0.15, 0.2) is 0 Å². The molecule has 0 amide bonds. The monoisotopic (exact) mass is 347 g/mol. The van der Waals surface area contributed by atoms with E-state index in [1.807, 2.05) is 68.4 Å². The van der Waals surface area contributed by atoms with Crippen molar-refractivity contribution in [2.24, 2.45) is 0 Å². The molecule has 0 radical (unpaired) electrons. The molecule has 2 aromatic carbocycles. The molecule has 0 aliphatic rings. The van der Waals surface area contributed by atoms with Crippen molar-refractivity contribution in [1.82, 2.24) is 4.72 Å². The Balaban J connectivity index is 1.74. The maximum atomic E-state index is 12.0. The highest BCUT2D eigenvalue weighted by Gasteiger charge is 2.10. The van der Waals surface area contributed by atoms with Crippen LogP contribution in [0.4, 0.5) is 0 Å². The molecule has 0 atom stereocenters. The Morgan fingerprint density at radius 3 is 2.25 bits per heavy atom. The maximum absolute atomic E-state index is 12.0. The molecule has 0 saturated heterocycles. The third-order valence-corrected chi connectivity index (χ3v) is 4.82. The predicted octanol–water partition coefficient (Wildman–Crippen LogP) is 3.53. The van der Waals surface area contributed by atoms with Crippen molar-refractivity contribution < 1.29 is 13.2 Å². The second-order valence-corrected chi connectivity index (χ2v) is 7.86. The van der Waals surface area contributed by atoms with Gasteiger partial charge < -0.3 is 4.74 Å². The van der Waals surface area contributed by atoms with Crippen molar-refractivity contribution >= 4 is 10.0 Å². The molecular weight excluding hydrogens is 322 g/mol. The molecular formula is C19H25NO3S. The molecule has 0 unspecified atom stereocenters. The topological polar surface area (TPSA) is 55.4 Å². The van der Waals surface area contributed by atoms with E-state index < -0.39 is 10.0 Å². The van der Waals surface area contributed by atoms with Gasteiger partial charge in [0.05, 0.1) is 11.9 Å². The third-order valence-electron chi connectivity index (χ3n) is 3.46. The molecule has 1 N–H and O–H groups in total. The van der Waals surface area contributed by atoms with E-state index in [1.54, 1.807) is 0 Å². The highest BCUT2D eigenvalue weighted by Crippen LogP contribution is 2.14. The van der Waals surface area contributed by atoms with Crippen LogP contribution in [0.3, 0.4) is 0 Å². The number of rotatable bonds is 9. The molecule has 0 aliphatic carbocycles. The summed E-state index contributed by atoms with van der Waals surface area (Å²) in [5.41, 5.74) is 1.97. The van der Waals surface area contributed by atoms with Gasteiger partial charge in [0.2, 0.25) is 10.0 Å². The van der Waals surface area contributed by atoms with Gasteiger partial charge in [-0.1, -0.05) is 42.5 Å². The Morgan fingerprint density at radius 2 is 1.62 bits per heavy atom. The molecule has 130 valence electrons. The molecule has 0 spiro atoms. The summed E-state index contributed by atoms with van der Waals surface area (Å²) in [5.74, 6) is 0.882. The van der Waals surface area contributed by atoms with Crippen molar-refractivity contribution in [1.29, 1.82) is 0 Å². The molecule has 24 heavy (non-hydrogen) atoms. The number of hydrogen-bond acceptors (Lipinski definition) is 3. The summed E-state index contributed by atoms with van der Waals surface area (Å²) >= 11 is 0. The van der Waals surface area contributed by atoms with E-state index in [-0.39, 0.29) is 11.9 Å². The summed E-state index contributed by atoms with van der Waals surface area (Å²) in [5, 5.41) is 0. The Hall–Kier alpha value is -1.85. The molecule has 0 aliphatic heterocycles. The first-order valence-electron chi connectivity index (χ1n) is 8.21. The number of benzene rings is 2. The highest BCUT2D eigenvalue weighted by molar-refractivity contribution is 7.88. The molecule has 2 aromatic rings. The molecule has 0 fully saturated rings. The fourth-order valence-corrected chi connectivity index (χ4v) is 3.56. The average Bonchev–Trinajstić information content (AvgIpc) is 2.53. The van der Waals surface area contributed by atoms with Crippen LogP contribution in [0, 0.1) is 0 Å². The van der Waals surface area contributed by atoms with Crippen molar-refractivity contribution in [3.05, 3.63) is 65.7 Å². The van der Waals surface area contributed by atoms with Crippen molar-refractivity contribution in [2.45, 2.75) is 38.5 Å². The summed E-state index contributed by atoms with van der Waals surface area (Å²) in [6.07, 6.45) is 1.75. The number of aryl methyl sites for hydroxylation is 1. The summed E-state index contributed by atoms with van der Waals surface area (Å²) in [6, 6.07) is 17.2. The van der Waals surface area contributed by atoms with Crippen molar-refractivity contribution in [3.63, 3.8) is 0 Å². The third kappa shape index (κ3) is 6.72. The second kappa shape index (κ2) is 8.85. The minimum absolute atomic E-state index is 0.0229. The minimum Gasteiger partial charge on any atom is -0.491 e. The van der Waals surface area contributed by atoms with E-state index in [2.05, 4.69) is 4.72 Å². The standard InChI is InChI=1S/C19H25NO3S/c1-16(2)23-19-12-10-17(11-13-19)9-6-14-20-24(21,22)15-18-7-4-3-5-8-18/h3-5,7-8,10-13,16,20H,6,9,14-15H2,1-2H3. The lowest BCUT2D eigenvalue weighted by molar-refractivity contribution is 0.242. The van der Waals surface area contributed by atoms with E-state index in [0.29, 0.717) is 6.54 Å². The first kappa shape index (κ1) is 18.5. The highest BCUT2D eigenvalue weighted by atomic mass is 32.2. The van der Waals surface area contributed by atoms with Crippen LogP contribution in [0.1, 0.15) is 31.4 Å². The summed E-state index contributed by atoms with van der Waals surface area (Å²) in [4.78, 5) is 0. The fourth-order valence-electron chi connectivity index (χ4n) is 2.37. The predicted molar refractivity (Wildman–Crippen MR) is 97.6 cm³/mol. The van der Waals surface area contributed by atoms with Crippen LogP contribution < -0.4 is 9.46 Å². The molecule has 2 rings (SSSR count). The number of nitrogens with one attached hydrogen (secondary N) is 1. The summed E-state index contributed by atoms with van der Waals surface area (Å²) < 4.78 is 32.3. The first-order chi connectivity index (χ1) is 11.4. The van der Waals surface area contributed by atoms with Crippen LogP contribution >= 0.6 is 0 Å². The van der Waals surface area contributed by atoms with Crippen LogP contribution in [-0.2, 0) is 22.2 Å². The van der Waals surface area contributed by atoms with E-state index in [4.69, 9.17) is 4.74 Å². The zero-order chi connectivity index (χ0) is 17.4. The number of sulfonamides is 1. The number of hydrogen-bond donors (Lipinski definition) is 1. The lowest BCUT2D eigenvalue weighted by Crippen LogP contribution is -2.26. The molecule has 0 aromatic heterocycles. The van der Waals surface area contributed by atoms with Crippen LogP contribution in [0.2, 0.25) is 0 Å². The largest absolute Gasteiger partial charge is 0.491 e. The smallest absolute Gasteiger partial charge is 0.215 e. The first-order valence-corrected chi connectivity index (χ1v) is 9.87. The Kier molecular flexibility index (Phi) is 6.82. The number of ether oxygens (including phenoxy) is 1. The Bertz CT molecular complexity index is 710. The van der Waals surface area contributed by atoms with Crippen LogP contribution in [0.5, 0.6) is 5.75 Å². The van der Waals surface area contributed by atoms with Gasteiger partial charge >= 0.3 is 0 Å². The van der Waals surface area contributed by atoms with Crippen molar-refractivity contribution in [3.8, 4) is 5.75 Å². The molecule has 5 heteroatoms. The van der Waals surface area contributed by atoms with Gasteiger partial charge in [0.25, 0.3) is 0 Å². The van der Waals surface area contributed by atoms with Crippen LogP contribution in [0.15, 0.2) is 54.6 Å². The van der Waals surface area contributed by atoms with Gasteiger partial charge in [-0.05, 0) is 49.9 Å². The Morgan fingerprint density at radius 1 is 0.958 bits per heavy atom. The summed E-state index contributed by atoms with van der Waals surface area (Å²) in [6.45, 7) is 4.43. The zero-order valence-corrected chi connectivity index (χ0v) is 15.1. The second-order valence-electron chi connectivity index (χ2n) is 6.05. The minimum atomic E-state index is -3.28. The van der Waals surface area contributed by atoms with Gasteiger partial charge in [-0.3, -0.25) is 0 Å². The van der Waals surface area contributed by atoms with E-state index >= 15 is 0 Å². The normalized spacial score (nSPS) is 11.6. The van der Waals surface area contributed by atoms with E-state index in [9.17, 15) is 8.42 Å². The lowest BCUT2D eigenvalue weighted by atomic mass is 10.1. The lowest BCUT2D eigenvalue weighted by Gasteiger charge is -2.10. The van der Waals surface area contributed by atoms with Crippen LogP contribution in [-0.4, -0.2) is 21.1 Å². The molecule has 4 nitrogen and oxygen atoms in total. The van der Waals surface area contributed by atoms with Crippen molar-refractivity contribution in [2.75, 3.05) is 6.54 Å². The van der Waals surface area contributed by atoms with Gasteiger partial charge in [-0.15, -0.1) is 0 Å². The molecule has 0 saturated carbocycles. The van der Waals surface area contributed by atoms with Gasteiger partial charge in [0, 0.05) is 6.54 Å². The van der Waals surface area contributed by atoms with E-state index in [1.165, 1.54) is 5.56 Å². The average molecular weight is 347 g/mol. The van der Waals surface area contributed by atoms with Gasteiger partial charge in [-0.25, -0.2) is 13.1 Å². The fraction of sp³-hybridized carbons (Fsp3) is 0.368. The Labute approximate surface area is 144 Å². The van der Waals surface area contributed by atoms with E-state index in [0.717, 1.165) is 24.2 Å².